The number of para-hydroxylation sites is 6. The molecule has 0 saturated heterocycles. The molecular formula is C66H51N7O. The van der Waals surface area contributed by atoms with Gasteiger partial charge in [-0.3, -0.25) is 4.57 Å². The van der Waals surface area contributed by atoms with Gasteiger partial charge in [0.2, 0.25) is 0 Å². The molecule has 74 heavy (non-hydrogen) atoms. The lowest BCUT2D eigenvalue weighted by Gasteiger charge is -2.25. The van der Waals surface area contributed by atoms with Crippen molar-refractivity contribution in [1.82, 2.24) is 23.3 Å². The van der Waals surface area contributed by atoms with E-state index in [-0.39, 0.29) is 5.41 Å². The quantitative estimate of drug-likeness (QED) is 0.167. The van der Waals surface area contributed by atoms with Gasteiger partial charge >= 0.3 is 0 Å². The molecule has 0 spiro atoms. The van der Waals surface area contributed by atoms with E-state index in [1.165, 1.54) is 16.3 Å². The molecule has 1 aliphatic heterocycles. The van der Waals surface area contributed by atoms with E-state index in [0.29, 0.717) is 29.2 Å². The summed E-state index contributed by atoms with van der Waals surface area (Å²) in [7, 11) is 2.09. The SMILES string of the molecule is [2H]C([2H])([2H])n1c2ccccc2c2cc3c4ccccc4n(C)c3c(N3CN(c4cccc(Oc5ccc6c7cc(-n8c9ccccc9c9ccccc98)ccc7n(-c7cc(C(C)(C)C)ccn7)c6c5)c4)c4ccccc43)c21. The number of benzene rings is 9. The summed E-state index contributed by atoms with van der Waals surface area (Å²) >= 11 is 0. The Balaban J connectivity index is 0.859. The second-order valence-electron chi connectivity index (χ2n) is 20.8. The molecule has 356 valence electrons. The summed E-state index contributed by atoms with van der Waals surface area (Å²) in [5, 5.41) is 8.65. The number of pyridine rings is 1. The molecule has 0 N–H and O–H groups in total. The third-order valence-electron chi connectivity index (χ3n) is 15.6. The minimum absolute atomic E-state index is 0.0837. The first-order valence-corrected chi connectivity index (χ1v) is 25.3. The topological polar surface area (TPSA) is 48.3 Å². The van der Waals surface area contributed by atoms with Crippen molar-refractivity contribution in [3.63, 3.8) is 0 Å². The molecule has 0 fully saturated rings. The maximum Gasteiger partial charge on any atom is 0.137 e. The minimum atomic E-state index is -2.46. The Morgan fingerprint density at radius 3 is 1.72 bits per heavy atom. The van der Waals surface area contributed by atoms with E-state index in [9.17, 15) is 0 Å². The lowest BCUT2D eigenvalue weighted by Crippen LogP contribution is -2.25. The lowest BCUT2D eigenvalue weighted by atomic mass is 9.88. The first-order chi connectivity index (χ1) is 37.4. The van der Waals surface area contributed by atoms with Gasteiger partial charge in [-0.05, 0) is 108 Å². The second-order valence-corrected chi connectivity index (χ2v) is 20.8. The maximum atomic E-state index is 9.01. The Labute approximate surface area is 431 Å². The molecule has 0 amide bonds. The van der Waals surface area contributed by atoms with Crippen LogP contribution < -0.4 is 14.5 Å². The molecule has 8 nitrogen and oxygen atoms in total. The molecule has 8 heteroatoms. The van der Waals surface area contributed by atoms with Crippen LogP contribution in [-0.4, -0.2) is 29.9 Å². The molecule has 0 atom stereocenters. The first-order valence-electron chi connectivity index (χ1n) is 26.8. The van der Waals surface area contributed by atoms with Crippen molar-refractivity contribution in [3.05, 3.63) is 212 Å². The molecule has 0 bridgehead atoms. The summed E-state index contributed by atoms with van der Waals surface area (Å²) in [6.07, 6.45) is 1.92. The van der Waals surface area contributed by atoms with Gasteiger partial charge in [0.1, 0.15) is 24.0 Å². The predicted molar refractivity (Wildman–Crippen MR) is 308 cm³/mol. The van der Waals surface area contributed by atoms with E-state index in [1.54, 1.807) is 4.57 Å². The van der Waals surface area contributed by atoms with Gasteiger partial charge in [-0.1, -0.05) is 112 Å². The summed E-state index contributed by atoms with van der Waals surface area (Å²) in [5.41, 5.74) is 13.7. The number of fused-ring (bicyclic) bond motifs is 13. The van der Waals surface area contributed by atoms with Crippen molar-refractivity contribution in [2.45, 2.75) is 26.2 Å². The molecule has 0 aliphatic carbocycles. The average molecular weight is 961 g/mol. The van der Waals surface area contributed by atoms with Gasteiger partial charge in [-0.15, -0.1) is 0 Å². The lowest BCUT2D eigenvalue weighted by molar-refractivity contribution is 0.483. The highest BCUT2D eigenvalue weighted by atomic mass is 16.5. The smallest absolute Gasteiger partial charge is 0.137 e. The van der Waals surface area contributed by atoms with Crippen LogP contribution in [-0.2, 0) is 19.4 Å². The van der Waals surface area contributed by atoms with Crippen molar-refractivity contribution in [1.29, 1.82) is 0 Å². The molecule has 15 rings (SSSR count). The number of ether oxygens (including phenoxy) is 1. The van der Waals surface area contributed by atoms with Crippen molar-refractivity contribution >= 4 is 110 Å². The molecular weight excluding hydrogens is 907 g/mol. The van der Waals surface area contributed by atoms with E-state index >= 15 is 0 Å². The summed E-state index contributed by atoms with van der Waals surface area (Å²) in [4.78, 5) is 9.61. The minimum Gasteiger partial charge on any atom is -0.457 e. The zero-order chi connectivity index (χ0) is 52.1. The third kappa shape index (κ3) is 6.11. The maximum absolute atomic E-state index is 9.01. The van der Waals surface area contributed by atoms with Crippen LogP contribution in [0.2, 0.25) is 0 Å². The Bertz CT molecular complexity index is 4730. The second kappa shape index (κ2) is 15.6. The van der Waals surface area contributed by atoms with E-state index in [1.807, 2.05) is 42.6 Å². The molecule has 6 heterocycles. The fourth-order valence-corrected chi connectivity index (χ4v) is 12.1. The van der Waals surface area contributed by atoms with Crippen LogP contribution in [0.15, 0.2) is 206 Å². The van der Waals surface area contributed by atoms with Crippen LogP contribution in [0.5, 0.6) is 11.5 Å². The molecule has 9 aromatic carbocycles. The molecule has 14 aromatic rings. The van der Waals surface area contributed by atoms with Crippen LogP contribution >= 0.6 is 0 Å². The standard InChI is InChI=1S/C66H51N7O/c1-66(2,3)41-33-34-67-62(35-41)73-58-32-29-43(72-56-25-12-8-19-46(56)47-20-9-13-26-57(47)72)37-51(58)50-31-30-45(38-61(50)73)74-44-18-16-17-42(36-44)70-40-71(60-28-15-14-27-59(60)70)65-63-52(48-21-6-10-23-54(48)68(63)4)39-53-49-22-7-11-24-55(49)69(5)64(53)65/h6-39H,40H2,1-5H3/i4D3. The Kier molecular flexibility index (Phi) is 8.30. The van der Waals surface area contributed by atoms with Crippen molar-refractivity contribution < 1.29 is 8.85 Å². The van der Waals surface area contributed by atoms with E-state index in [4.69, 9.17) is 13.8 Å². The number of rotatable bonds is 6. The predicted octanol–water partition coefficient (Wildman–Crippen LogP) is 16.9. The number of hydrogen-bond acceptors (Lipinski definition) is 4. The number of anilines is 4. The Morgan fingerprint density at radius 2 is 1.03 bits per heavy atom. The van der Waals surface area contributed by atoms with Crippen LogP contribution in [0.25, 0.3) is 98.7 Å². The summed E-state index contributed by atoms with van der Waals surface area (Å²) in [6.45, 7) is 4.67. The largest absolute Gasteiger partial charge is 0.457 e. The van der Waals surface area contributed by atoms with E-state index in [2.05, 4.69) is 215 Å². The molecule has 0 unspecified atom stereocenters. The normalized spacial score (nSPS) is 13.9. The molecule has 0 radical (unpaired) electrons. The van der Waals surface area contributed by atoms with Gasteiger partial charge in [0.25, 0.3) is 0 Å². The highest BCUT2D eigenvalue weighted by molar-refractivity contribution is 6.25. The first kappa shape index (κ1) is 39.4. The van der Waals surface area contributed by atoms with Crippen molar-refractivity contribution in [2.75, 3.05) is 16.5 Å². The zero-order valence-electron chi connectivity index (χ0n) is 44.4. The monoisotopic (exact) mass is 960 g/mol. The van der Waals surface area contributed by atoms with E-state index in [0.717, 1.165) is 99.7 Å². The van der Waals surface area contributed by atoms with Gasteiger partial charge in [0.05, 0.1) is 50.2 Å². The molecule has 0 saturated carbocycles. The van der Waals surface area contributed by atoms with Crippen LogP contribution in [0.3, 0.4) is 0 Å². The van der Waals surface area contributed by atoms with Gasteiger partial charge in [0, 0.05) is 102 Å². The number of hydrogen-bond donors (Lipinski definition) is 0. The fraction of sp³-hybridized carbons (Fsp3) is 0.106. The van der Waals surface area contributed by atoms with Crippen molar-refractivity contribution in [2.24, 2.45) is 14.0 Å². The van der Waals surface area contributed by atoms with Crippen molar-refractivity contribution in [3.8, 4) is 23.0 Å². The number of aromatic nitrogens is 5. The van der Waals surface area contributed by atoms with Crippen LogP contribution in [0.1, 0.15) is 30.4 Å². The van der Waals surface area contributed by atoms with Crippen LogP contribution in [0, 0.1) is 0 Å². The Hall–Kier alpha value is -9.27. The molecule has 5 aromatic heterocycles. The fourth-order valence-electron chi connectivity index (χ4n) is 12.1. The van der Waals surface area contributed by atoms with E-state index < -0.39 is 6.98 Å². The van der Waals surface area contributed by atoms with Gasteiger partial charge in [-0.2, -0.15) is 0 Å². The van der Waals surface area contributed by atoms with Crippen LogP contribution in [0.4, 0.5) is 22.7 Å². The Morgan fingerprint density at radius 1 is 0.446 bits per heavy atom. The summed E-state index contributed by atoms with van der Waals surface area (Å²) in [6, 6.07) is 69.9. The summed E-state index contributed by atoms with van der Waals surface area (Å²) in [5.74, 6) is 2.22. The summed E-state index contributed by atoms with van der Waals surface area (Å²) < 4.78 is 42.4. The number of nitrogens with zero attached hydrogens (tertiary/aromatic N) is 7. The zero-order valence-corrected chi connectivity index (χ0v) is 41.4. The van der Waals surface area contributed by atoms with Gasteiger partial charge in [0.15, 0.2) is 0 Å². The number of aryl methyl sites for hydroxylation is 2. The highest BCUT2D eigenvalue weighted by Gasteiger charge is 2.33. The highest BCUT2D eigenvalue weighted by Crippen LogP contribution is 2.51. The van der Waals surface area contributed by atoms with Gasteiger partial charge < -0.3 is 28.2 Å². The third-order valence-corrected chi connectivity index (χ3v) is 15.6. The average Bonchev–Trinajstić information content (AvgIpc) is 4.24. The van der Waals surface area contributed by atoms with Gasteiger partial charge in [-0.25, -0.2) is 4.98 Å². The molecule has 1 aliphatic rings.